The molecule has 0 N–H and O–H groups in total. The van der Waals surface area contributed by atoms with Gasteiger partial charge in [-0.3, -0.25) is 9.69 Å². The molecule has 1 heterocycles. The average molecular weight is 279 g/mol. The molecule has 3 nitrogen and oxygen atoms in total. The molecule has 1 unspecified atom stereocenters. The summed E-state index contributed by atoms with van der Waals surface area (Å²) in [6.45, 7) is 4.68. The van der Waals surface area contributed by atoms with E-state index in [4.69, 9.17) is 4.74 Å². The Morgan fingerprint density at radius 2 is 2.21 bits per heavy atom. The van der Waals surface area contributed by atoms with E-state index >= 15 is 0 Å². The Morgan fingerprint density at radius 1 is 1.47 bits per heavy atom. The van der Waals surface area contributed by atoms with E-state index in [1.165, 1.54) is 17.3 Å². The first-order valence-electron chi connectivity index (χ1n) is 6.68. The maximum atomic E-state index is 11.7. The number of esters is 1. The molecule has 104 valence electrons. The summed E-state index contributed by atoms with van der Waals surface area (Å²) in [4.78, 5) is 14.1. The largest absolute Gasteiger partial charge is 0.460 e. The minimum Gasteiger partial charge on any atom is -0.460 e. The molecule has 2 rings (SSSR count). The van der Waals surface area contributed by atoms with Crippen molar-refractivity contribution in [1.82, 2.24) is 4.90 Å². The fraction of sp³-hybridized carbons (Fsp3) is 0.533. The Morgan fingerprint density at radius 3 is 2.89 bits per heavy atom. The van der Waals surface area contributed by atoms with E-state index in [1.54, 1.807) is 0 Å². The van der Waals surface area contributed by atoms with E-state index in [9.17, 15) is 4.79 Å². The third kappa shape index (κ3) is 4.25. The van der Waals surface area contributed by atoms with Crippen molar-refractivity contribution in [3.05, 3.63) is 35.9 Å². The van der Waals surface area contributed by atoms with Crippen LogP contribution in [0.3, 0.4) is 0 Å². The average Bonchev–Trinajstić information content (AvgIpc) is 2.86. The molecule has 1 saturated heterocycles. The maximum Gasteiger partial charge on any atom is 0.319 e. The zero-order valence-electron chi connectivity index (χ0n) is 11.5. The Labute approximate surface area is 119 Å². The second kappa shape index (κ2) is 6.96. The fourth-order valence-corrected chi connectivity index (χ4v) is 2.48. The van der Waals surface area contributed by atoms with Crippen molar-refractivity contribution in [3.63, 3.8) is 0 Å². The predicted octanol–water partition coefficient (Wildman–Crippen LogP) is 2.56. The van der Waals surface area contributed by atoms with Gasteiger partial charge in [0, 0.05) is 19.6 Å². The molecule has 1 aromatic rings. The molecule has 1 aromatic carbocycles. The molecule has 0 aliphatic carbocycles. The van der Waals surface area contributed by atoms with Gasteiger partial charge in [0.25, 0.3) is 0 Å². The number of rotatable bonds is 5. The first-order valence-corrected chi connectivity index (χ1v) is 7.97. The molecule has 2 atom stereocenters. The summed E-state index contributed by atoms with van der Waals surface area (Å²) in [6.07, 6.45) is 2.94. The highest BCUT2D eigenvalue weighted by atomic mass is 32.2. The second-order valence-corrected chi connectivity index (χ2v) is 6.12. The van der Waals surface area contributed by atoms with Gasteiger partial charge in [0.2, 0.25) is 0 Å². The third-order valence-electron chi connectivity index (χ3n) is 3.45. The Kier molecular flexibility index (Phi) is 5.28. The van der Waals surface area contributed by atoms with Gasteiger partial charge in [0.15, 0.2) is 0 Å². The number of benzene rings is 1. The third-order valence-corrected chi connectivity index (χ3v) is 4.35. The topological polar surface area (TPSA) is 29.5 Å². The summed E-state index contributed by atoms with van der Waals surface area (Å²) in [7, 11) is 0. The quantitative estimate of drug-likeness (QED) is 0.775. The van der Waals surface area contributed by atoms with Crippen LogP contribution < -0.4 is 0 Å². The van der Waals surface area contributed by atoms with Gasteiger partial charge in [0.1, 0.15) is 6.10 Å². The molecule has 1 aliphatic rings. The number of carbonyl (C=O) groups excluding carboxylic acids is 1. The number of likely N-dealkylation sites (tertiary alicyclic amines) is 1. The van der Waals surface area contributed by atoms with Gasteiger partial charge in [-0.15, -0.1) is 0 Å². The van der Waals surface area contributed by atoms with Gasteiger partial charge in [-0.05, 0) is 25.2 Å². The van der Waals surface area contributed by atoms with Crippen LogP contribution in [0.2, 0.25) is 0 Å². The summed E-state index contributed by atoms with van der Waals surface area (Å²) in [6, 6.07) is 10.4. The van der Waals surface area contributed by atoms with Gasteiger partial charge in [0.05, 0.1) is 5.25 Å². The van der Waals surface area contributed by atoms with E-state index < -0.39 is 0 Å². The monoisotopic (exact) mass is 279 g/mol. The lowest BCUT2D eigenvalue weighted by Crippen LogP contribution is -2.27. The highest BCUT2D eigenvalue weighted by Crippen LogP contribution is 2.18. The number of ether oxygens (including phenoxy) is 1. The fourth-order valence-electron chi connectivity index (χ4n) is 2.23. The van der Waals surface area contributed by atoms with Crippen LogP contribution in [0.25, 0.3) is 0 Å². The maximum absolute atomic E-state index is 11.7. The van der Waals surface area contributed by atoms with Gasteiger partial charge < -0.3 is 4.74 Å². The lowest BCUT2D eigenvalue weighted by molar-refractivity contribution is -0.147. The van der Waals surface area contributed by atoms with Crippen molar-refractivity contribution in [1.29, 1.82) is 0 Å². The van der Waals surface area contributed by atoms with Gasteiger partial charge in [-0.1, -0.05) is 30.3 Å². The standard InChI is InChI=1S/C15H21NO2S/c1-12(19-2)15(17)18-14-8-9-16(11-14)10-13-6-4-3-5-7-13/h3-7,12,14H,8-11H2,1-2H3/t12?,14-/m1/s1. The number of hydrogen-bond donors (Lipinski definition) is 0. The van der Waals surface area contributed by atoms with E-state index in [-0.39, 0.29) is 17.3 Å². The molecule has 0 aromatic heterocycles. The van der Waals surface area contributed by atoms with E-state index in [0.29, 0.717) is 0 Å². The predicted molar refractivity (Wildman–Crippen MR) is 79.2 cm³/mol. The molecular formula is C15H21NO2S. The Bertz CT molecular complexity index is 410. The normalized spacial score (nSPS) is 21.3. The van der Waals surface area contributed by atoms with Crippen LogP contribution in [0.4, 0.5) is 0 Å². The van der Waals surface area contributed by atoms with Crippen LogP contribution in [-0.4, -0.2) is 41.6 Å². The first kappa shape index (κ1) is 14.4. The van der Waals surface area contributed by atoms with Crippen LogP contribution in [-0.2, 0) is 16.1 Å². The van der Waals surface area contributed by atoms with Crippen molar-refractivity contribution in [3.8, 4) is 0 Å². The Balaban J connectivity index is 1.79. The molecule has 0 amide bonds. The van der Waals surface area contributed by atoms with Crippen molar-refractivity contribution >= 4 is 17.7 Å². The van der Waals surface area contributed by atoms with E-state index in [2.05, 4.69) is 29.2 Å². The summed E-state index contributed by atoms with van der Waals surface area (Å²) in [5, 5.41) is -0.0665. The van der Waals surface area contributed by atoms with Crippen LogP contribution in [0.15, 0.2) is 30.3 Å². The second-order valence-electron chi connectivity index (χ2n) is 4.95. The first-order chi connectivity index (χ1) is 9.19. The lowest BCUT2D eigenvalue weighted by Gasteiger charge is -2.17. The van der Waals surface area contributed by atoms with Crippen LogP contribution in [0, 0.1) is 0 Å². The van der Waals surface area contributed by atoms with Crippen molar-refractivity contribution in [2.75, 3.05) is 19.3 Å². The van der Waals surface area contributed by atoms with Crippen LogP contribution in [0.1, 0.15) is 18.9 Å². The van der Waals surface area contributed by atoms with Crippen LogP contribution >= 0.6 is 11.8 Å². The number of thioether (sulfide) groups is 1. The highest BCUT2D eigenvalue weighted by molar-refractivity contribution is 7.99. The van der Waals surface area contributed by atoms with Crippen molar-refractivity contribution in [2.24, 2.45) is 0 Å². The SMILES string of the molecule is CSC(C)C(=O)O[C@@H]1CCN(Cc2ccccc2)C1. The van der Waals surface area contributed by atoms with Crippen LogP contribution in [0.5, 0.6) is 0 Å². The summed E-state index contributed by atoms with van der Waals surface area (Å²) in [5.41, 5.74) is 1.31. The molecule has 1 fully saturated rings. The minimum absolute atomic E-state index is 0.0609. The highest BCUT2D eigenvalue weighted by Gasteiger charge is 2.27. The number of hydrogen-bond acceptors (Lipinski definition) is 4. The summed E-state index contributed by atoms with van der Waals surface area (Å²) >= 11 is 1.53. The zero-order chi connectivity index (χ0) is 13.7. The Hall–Kier alpha value is -1.00. The van der Waals surface area contributed by atoms with Gasteiger partial charge in [-0.2, -0.15) is 11.8 Å². The van der Waals surface area contributed by atoms with E-state index in [0.717, 1.165) is 26.1 Å². The molecule has 4 heteroatoms. The lowest BCUT2D eigenvalue weighted by atomic mass is 10.2. The summed E-state index contributed by atoms with van der Waals surface area (Å²) in [5.74, 6) is -0.0842. The number of carbonyl (C=O) groups is 1. The molecular weight excluding hydrogens is 258 g/mol. The molecule has 1 aliphatic heterocycles. The van der Waals surface area contributed by atoms with E-state index in [1.807, 2.05) is 19.2 Å². The number of nitrogens with zero attached hydrogens (tertiary/aromatic N) is 1. The summed E-state index contributed by atoms with van der Waals surface area (Å²) < 4.78 is 5.53. The van der Waals surface area contributed by atoms with Gasteiger partial charge >= 0.3 is 5.97 Å². The molecule has 19 heavy (non-hydrogen) atoms. The zero-order valence-corrected chi connectivity index (χ0v) is 12.4. The molecule has 0 bridgehead atoms. The minimum atomic E-state index is -0.0842. The molecule has 0 saturated carbocycles. The van der Waals surface area contributed by atoms with Crippen molar-refractivity contribution in [2.45, 2.75) is 31.2 Å². The van der Waals surface area contributed by atoms with Gasteiger partial charge in [-0.25, -0.2) is 0 Å². The smallest absolute Gasteiger partial charge is 0.319 e. The molecule has 0 radical (unpaired) electrons. The van der Waals surface area contributed by atoms with Crippen molar-refractivity contribution < 1.29 is 9.53 Å². The molecule has 0 spiro atoms.